The van der Waals surface area contributed by atoms with Crippen LogP contribution < -0.4 is 0 Å². The summed E-state index contributed by atoms with van der Waals surface area (Å²) < 4.78 is 4.97. The van der Waals surface area contributed by atoms with Crippen LogP contribution in [0.15, 0.2) is 41.4 Å². The topological polar surface area (TPSA) is 9.23 Å². The predicted octanol–water partition coefficient (Wildman–Crippen LogP) is 4.24. The molecule has 1 aliphatic rings. The molecule has 0 bridgehead atoms. The molecule has 0 spiro atoms. The highest BCUT2D eigenvalue weighted by molar-refractivity contribution is 5.30. The zero-order chi connectivity index (χ0) is 11.4. The Hall–Kier alpha value is -1.20. The molecule has 1 nitrogen and oxygen atoms in total. The first-order valence-electron chi connectivity index (χ1n) is 5.18. The molecule has 0 saturated carbocycles. The maximum absolute atomic E-state index is 4.97. The molecule has 0 aromatic rings. The molecule has 14 heavy (non-hydrogen) atoms. The monoisotopic (exact) mass is 194 g/mol. The minimum Gasteiger partial charge on any atom is -0.489 e. The van der Waals surface area contributed by atoms with Crippen molar-refractivity contribution in [1.29, 1.82) is 0 Å². The van der Waals surface area contributed by atoms with E-state index in [9.17, 15) is 0 Å². The molecule has 0 aromatic heterocycles. The summed E-state index contributed by atoms with van der Waals surface area (Å²) >= 11 is 0. The van der Waals surface area contributed by atoms with Gasteiger partial charge < -0.3 is 4.74 Å². The summed E-state index contributed by atoms with van der Waals surface area (Å²) in [6, 6.07) is 0. The lowest BCUT2D eigenvalue weighted by molar-refractivity contribution is 0.308. The van der Waals surface area contributed by atoms with E-state index in [-0.39, 0.29) is 0 Å². The van der Waals surface area contributed by atoms with Crippen molar-refractivity contribution in [2.75, 3.05) is 7.11 Å². The Bertz CT molecular complexity index is 238. The number of methoxy groups -OCH3 is 1. The quantitative estimate of drug-likeness (QED) is 0.567. The molecule has 1 aliphatic carbocycles. The number of hydrogen-bond acceptors (Lipinski definition) is 1. The molecule has 0 N–H and O–H groups in total. The highest BCUT2D eigenvalue weighted by Crippen LogP contribution is 2.04. The van der Waals surface area contributed by atoms with Crippen molar-refractivity contribution in [3.8, 4) is 0 Å². The van der Waals surface area contributed by atoms with Gasteiger partial charge in [-0.3, -0.25) is 0 Å². The summed E-state index contributed by atoms with van der Waals surface area (Å²) in [5.74, 6) is 0.771. The summed E-state index contributed by atoms with van der Waals surface area (Å²) in [4.78, 5) is 0. The van der Waals surface area contributed by atoms with E-state index < -0.39 is 0 Å². The highest BCUT2D eigenvalue weighted by atomic mass is 16.5. The first kappa shape index (κ1) is 15.3. The third-order valence-electron chi connectivity index (χ3n) is 1.29. The van der Waals surface area contributed by atoms with E-state index in [2.05, 4.69) is 5.73 Å². The fourth-order valence-electron chi connectivity index (χ4n) is 0.693. The van der Waals surface area contributed by atoms with Crippen LogP contribution in [0.3, 0.4) is 0 Å². The van der Waals surface area contributed by atoms with Gasteiger partial charge in [-0.05, 0) is 19.1 Å². The largest absolute Gasteiger partial charge is 0.489 e. The van der Waals surface area contributed by atoms with Crippen LogP contribution in [0.2, 0.25) is 0 Å². The highest BCUT2D eigenvalue weighted by Gasteiger charge is 1.88. The van der Waals surface area contributed by atoms with E-state index in [1.54, 1.807) is 7.11 Å². The predicted molar refractivity (Wildman–Crippen MR) is 64.2 cm³/mol. The second kappa shape index (κ2) is 11.8. The lowest BCUT2D eigenvalue weighted by atomic mass is 10.3. The van der Waals surface area contributed by atoms with Gasteiger partial charge in [0.05, 0.1) is 7.11 Å². The van der Waals surface area contributed by atoms with E-state index in [4.69, 9.17) is 4.74 Å². The fraction of sp³-hybridized carbons (Fsp3) is 0.462. The molecular weight excluding hydrogens is 172 g/mol. The second-order valence-corrected chi connectivity index (χ2v) is 2.12. The number of rotatable bonds is 1. The Labute approximate surface area is 88.5 Å². The Kier molecular flexibility index (Phi) is 12.9. The van der Waals surface area contributed by atoms with Crippen LogP contribution in [0.1, 0.15) is 34.6 Å². The molecule has 1 heteroatoms. The maximum atomic E-state index is 4.97. The van der Waals surface area contributed by atoms with Gasteiger partial charge in [-0.2, -0.15) is 0 Å². The summed E-state index contributed by atoms with van der Waals surface area (Å²) in [7, 11) is 1.64. The van der Waals surface area contributed by atoms with Gasteiger partial charge >= 0.3 is 0 Å². The standard InChI is InChI=1S/C9H10O.2C2H6/c1-8-4-3-5-9(10-2)7-6-8;2*1-2/h3-4,6-7H,1-2H3;2*1-2H3. The molecular formula is C13H22O. The van der Waals surface area contributed by atoms with Crippen molar-refractivity contribution >= 4 is 0 Å². The van der Waals surface area contributed by atoms with Crippen LogP contribution >= 0.6 is 0 Å². The normalized spacial score (nSPS) is 12.1. The van der Waals surface area contributed by atoms with Crippen molar-refractivity contribution in [3.63, 3.8) is 0 Å². The Morgan fingerprint density at radius 3 is 2.14 bits per heavy atom. The average Bonchev–Trinajstić information content (AvgIpc) is 2.48. The second-order valence-electron chi connectivity index (χ2n) is 2.12. The molecule has 0 aromatic carbocycles. The van der Waals surface area contributed by atoms with Gasteiger partial charge in [-0.1, -0.05) is 51.2 Å². The van der Waals surface area contributed by atoms with Gasteiger partial charge in [0, 0.05) is 0 Å². The zero-order valence-electron chi connectivity index (χ0n) is 10.2. The van der Waals surface area contributed by atoms with Gasteiger partial charge in [0.1, 0.15) is 0 Å². The van der Waals surface area contributed by atoms with Crippen molar-refractivity contribution < 1.29 is 4.74 Å². The molecule has 1 rings (SSSR count). The summed E-state index contributed by atoms with van der Waals surface area (Å²) in [5.41, 5.74) is 4.18. The average molecular weight is 194 g/mol. The third kappa shape index (κ3) is 7.45. The zero-order valence-corrected chi connectivity index (χ0v) is 10.2. The minimum absolute atomic E-state index is 0.771. The SMILES string of the molecule is CC.CC.COC1=C=CC=C(C)C=C1. The molecule has 0 aliphatic heterocycles. The summed E-state index contributed by atoms with van der Waals surface area (Å²) in [5, 5.41) is 0. The summed E-state index contributed by atoms with van der Waals surface area (Å²) in [6.07, 6.45) is 7.74. The maximum Gasteiger partial charge on any atom is 0.161 e. The van der Waals surface area contributed by atoms with E-state index in [0.29, 0.717) is 0 Å². The van der Waals surface area contributed by atoms with Crippen LogP contribution in [0.25, 0.3) is 0 Å². The Balaban J connectivity index is 0. The lowest BCUT2D eigenvalue weighted by Gasteiger charge is -1.92. The minimum atomic E-state index is 0.771. The molecule has 0 heterocycles. The molecule has 0 unspecified atom stereocenters. The number of hydrogen-bond donors (Lipinski definition) is 0. The van der Waals surface area contributed by atoms with Crippen molar-refractivity contribution in [3.05, 3.63) is 41.4 Å². The number of ether oxygens (including phenoxy) is 1. The first-order chi connectivity index (χ1) is 6.83. The van der Waals surface area contributed by atoms with Crippen LogP contribution in [0.5, 0.6) is 0 Å². The van der Waals surface area contributed by atoms with Gasteiger partial charge in [-0.25, -0.2) is 0 Å². The van der Waals surface area contributed by atoms with Crippen LogP contribution in [-0.4, -0.2) is 7.11 Å². The fourth-order valence-corrected chi connectivity index (χ4v) is 0.693. The molecule has 0 atom stereocenters. The molecule has 0 amide bonds. The third-order valence-corrected chi connectivity index (χ3v) is 1.29. The molecule has 0 radical (unpaired) electrons. The van der Waals surface area contributed by atoms with E-state index in [1.807, 2.05) is 58.9 Å². The van der Waals surface area contributed by atoms with Crippen LogP contribution in [-0.2, 0) is 4.74 Å². The van der Waals surface area contributed by atoms with Crippen LogP contribution in [0.4, 0.5) is 0 Å². The van der Waals surface area contributed by atoms with Crippen molar-refractivity contribution in [1.82, 2.24) is 0 Å². The van der Waals surface area contributed by atoms with E-state index in [1.165, 1.54) is 5.57 Å². The number of allylic oxidation sites excluding steroid dienone is 4. The molecule has 0 fully saturated rings. The molecule has 80 valence electrons. The van der Waals surface area contributed by atoms with E-state index >= 15 is 0 Å². The van der Waals surface area contributed by atoms with Gasteiger partial charge in [0.15, 0.2) is 5.76 Å². The van der Waals surface area contributed by atoms with Gasteiger partial charge in [0.25, 0.3) is 0 Å². The van der Waals surface area contributed by atoms with Crippen LogP contribution in [0, 0.1) is 0 Å². The van der Waals surface area contributed by atoms with Crippen molar-refractivity contribution in [2.45, 2.75) is 34.6 Å². The van der Waals surface area contributed by atoms with Crippen molar-refractivity contribution in [2.24, 2.45) is 0 Å². The smallest absolute Gasteiger partial charge is 0.161 e. The Morgan fingerprint density at radius 1 is 1.07 bits per heavy atom. The van der Waals surface area contributed by atoms with E-state index in [0.717, 1.165) is 5.76 Å². The first-order valence-corrected chi connectivity index (χ1v) is 5.18. The summed E-state index contributed by atoms with van der Waals surface area (Å²) in [6.45, 7) is 10.0. The van der Waals surface area contributed by atoms with Gasteiger partial charge in [-0.15, -0.1) is 0 Å². The van der Waals surface area contributed by atoms with Gasteiger partial charge in [0.2, 0.25) is 0 Å². The lowest BCUT2D eigenvalue weighted by Crippen LogP contribution is -1.76. The molecule has 0 saturated heterocycles. The Morgan fingerprint density at radius 2 is 1.64 bits per heavy atom.